The molecule has 0 saturated carbocycles. The van der Waals surface area contributed by atoms with Crippen molar-refractivity contribution in [3.63, 3.8) is 0 Å². The van der Waals surface area contributed by atoms with E-state index in [1.807, 2.05) is 0 Å². The third kappa shape index (κ3) is 3.19. The lowest BCUT2D eigenvalue weighted by molar-refractivity contribution is -0.126. The predicted octanol–water partition coefficient (Wildman–Crippen LogP) is 0.572. The minimum absolute atomic E-state index is 0.191. The smallest absolute Gasteiger partial charge is 0.237 e. The number of nitrogens with one attached hydrogen (secondary N) is 1. The molecule has 1 amide bonds. The molecule has 94 valence electrons. The van der Waals surface area contributed by atoms with Crippen molar-refractivity contribution in [1.29, 1.82) is 0 Å². The third-order valence-electron chi connectivity index (χ3n) is 3.48. The molecule has 1 aliphatic rings. The van der Waals surface area contributed by atoms with E-state index in [4.69, 9.17) is 5.73 Å². The van der Waals surface area contributed by atoms with E-state index in [0.717, 1.165) is 39.0 Å². The molecule has 0 radical (unpaired) electrons. The van der Waals surface area contributed by atoms with E-state index in [9.17, 15) is 4.79 Å². The van der Waals surface area contributed by atoms with Gasteiger partial charge in [0, 0.05) is 13.1 Å². The van der Waals surface area contributed by atoms with Crippen LogP contribution >= 0.6 is 0 Å². The van der Waals surface area contributed by atoms with Crippen molar-refractivity contribution in [2.24, 2.45) is 11.7 Å². The highest BCUT2D eigenvalue weighted by atomic mass is 16.1. The van der Waals surface area contributed by atoms with E-state index < -0.39 is 5.54 Å². The van der Waals surface area contributed by atoms with Crippen LogP contribution in [0.1, 0.15) is 33.6 Å². The Balaban J connectivity index is 2.58. The van der Waals surface area contributed by atoms with E-state index in [-0.39, 0.29) is 5.91 Å². The minimum atomic E-state index is -0.462. The molecule has 0 bridgehead atoms. The number of likely N-dealkylation sites (tertiary alicyclic amines) is 1. The van der Waals surface area contributed by atoms with Gasteiger partial charge < -0.3 is 16.0 Å². The quantitative estimate of drug-likeness (QED) is 0.722. The molecule has 1 fully saturated rings. The topological polar surface area (TPSA) is 58.4 Å². The van der Waals surface area contributed by atoms with Crippen LogP contribution in [-0.4, -0.2) is 42.5 Å². The lowest BCUT2D eigenvalue weighted by Gasteiger charge is -2.40. The highest BCUT2D eigenvalue weighted by Gasteiger charge is 2.39. The maximum absolute atomic E-state index is 11.6. The van der Waals surface area contributed by atoms with Gasteiger partial charge in [0.1, 0.15) is 5.54 Å². The first-order chi connectivity index (χ1) is 7.50. The molecule has 0 aromatic carbocycles. The van der Waals surface area contributed by atoms with Gasteiger partial charge in [-0.1, -0.05) is 20.8 Å². The number of hydrogen-bond donors (Lipinski definition) is 2. The standard InChI is InChI=1S/C12H25N3O/c1-4-15-7-5-12(6-8-15,11(13)16)14-9-10(2)3/h10,14H,4-9H2,1-3H3,(H2,13,16). The lowest BCUT2D eigenvalue weighted by atomic mass is 9.86. The first-order valence-electron chi connectivity index (χ1n) is 6.27. The van der Waals surface area contributed by atoms with Crippen molar-refractivity contribution in [3.8, 4) is 0 Å². The lowest BCUT2D eigenvalue weighted by Crippen LogP contribution is -2.61. The second-order valence-electron chi connectivity index (χ2n) is 5.16. The van der Waals surface area contributed by atoms with Gasteiger partial charge in [-0.15, -0.1) is 0 Å². The number of piperidine rings is 1. The highest BCUT2D eigenvalue weighted by Crippen LogP contribution is 2.22. The van der Waals surface area contributed by atoms with Gasteiger partial charge in [0.2, 0.25) is 5.91 Å². The van der Waals surface area contributed by atoms with Crippen LogP contribution in [0.2, 0.25) is 0 Å². The Labute approximate surface area is 98.6 Å². The number of primary amides is 1. The molecule has 0 atom stereocenters. The zero-order valence-corrected chi connectivity index (χ0v) is 10.8. The first-order valence-corrected chi connectivity index (χ1v) is 6.27. The largest absolute Gasteiger partial charge is 0.368 e. The second kappa shape index (κ2) is 5.64. The van der Waals surface area contributed by atoms with Crippen LogP contribution in [0.3, 0.4) is 0 Å². The van der Waals surface area contributed by atoms with Gasteiger partial charge >= 0.3 is 0 Å². The molecule has 16 heavy (non-hydrogen) atoms. The van der Waals surface area contributed by atoms with Gasteiger partial charge in [-0.2, -0.15) is 0 Å². The highest BCUT2D eigenvalue weighted by molar-refractivity contribution is 5.84. The summed E-state index contributed by atoms with van der Waals surface area (Å²) in [5.74, 6) is 0.351. The normalized spacial score (nSPS) is 21.2. The Kier molecular flexibility index (Phi) is 4.74. The van der Waals surface area contributed by atoms with Crippen LogP contribution < -0.4 is 11.1 Å². The van der Waals surface area contributed by atoms with Gasteiger partial charge in [-0.3, -0.25) is 4.79 Å². The zero-order valence-electron chi connectivity index (χ0n) is 10.8. The van der Waals surface area contributed by atoms with Crippen molar-refractivity contribution in [2.75, 3.05) is 26.2 Å². The Bertz CT molecular complexity index is 232. The fourth-order valence-electron chi connectivity index (χ4n) is 2.16. The molecule has 0 spiro atoms. The molecule has 1 heterocycles. The maximum atomic E-state index is 11.6. The third-order valence-corrected chi connectivity index (χ3v) is 3.48. The summed E-state index contributed by atoms with van der Waals surface area (Å²) >= 11 is 0. The van der Waals surface area contributed by atoms with Gasteiger partial charge in [0.25, 0.3) is 0 Å². The molecule has 1 aliphatic heterocycles. The summed E-state index contributed by atoms with van der Waals surface area (Å²) in [6.07, 6.45) is 1.67. The van der Waals surface area contributed by atoms with Crippen molar-refractivity contribution >= 4 is 5.91 Å². The fourth-order valence-corrected chi connectivity index (χ4v) is 2.16. The second-order valence-corrected chi connectivity index (χ2v) is 5.16. The van der Waals surface area contributed by atoms with Crippen molar-refractivity contribution in [2.45, 2.75) is 39.2 Å². The number of hydrogen-bond acceptors (Lipinski definition) is 3. The maximum Gasteiger partial charge on any atom is 0.237 e. The van der Waals surface area contributed by atoms with Crippen LogP contribution in [0.5, 0.6) is 0 Å². The van der Waals surface area contributed by atoms with Crippen molar-refractivity contribution < 1.29 is 4.79 Å². The molecule has 3 N–H and O–H groups in total. The Hall–Kier alpha value is -0.610. The molecule has 0 aromatic rings. The molecular weight excluding hydrogens is 202 g/mol. The van der Waals surface area contributed by atoms with Crippen molar-refractivity contribution in [1.82, 2.24) is 10.2 Å². The molecule has 4 nitrogen and oxygen atoms in total. The van der Waals surface area contributed by atoms with Gasteiger partial charge in [-0.05, 0) is 31.8 Å². The average molecular weight is 227 g/mol. The SMILES string of the molecule is CCN1CCC(NCC(C)C)(C(N)=O)CC1. The van der Waals surface area contributed by atoms with E-state index in [1.54, 1.807) is 0 Å². The Morgan fingerprint density at radius 3 is 2.38 bits per heavy atom. The molecule has 0 unspecified atom stereocenters. The van der Waals surface area contributed by atoms with Crippen LogP contribution in [0.25, 0.3) is 0 Å². The molecule has 1 rings (SSSR count). The molecule has 1 saturated heterocycles. The summed E-state index contributed by atoms with van der Waals surface area (Å²) in [4.78, 5) is 14.0. The number of nitrogens with two attached hydrogens (primary N) is 1. The fraction of sp³-hybridized carbons (Fsp3) is 0.917. The first kappa shape index (κ1) is 13.5. The van der Waals surface area contributed by atoms with E-state index in [0.29, 0.717) is 5.92 Å². The average Bonchev–Trinajstić information content (AvgIpc) is 2.26. The number of carbonyl (C=O) groups excluding carboxylic acids is 1. The number of carbonyl (C=O) groups is 1. The van der Waals surface area contributed by atoms with Gasteiger partial charge in [-0.25, -0.2) is 0 Å². The van der Waals surface area contributed by atoms with Gasteiger partial charge in [0.05, 0.1) is 0 Å². The van der Waals surface area contributed by atoms with E-state index in [1.165, 1.54) is 0 Å². The monoisotopic (exact) mass is 227 g/mol. The number of rotatable bonds is 5. The summed E-state index contributed by atoms with van der Waals surface area (Å²) in [6, 6.07) is 0. The van der Waals surface area contributed by atoms with Crippen LogP contribution in [0.15, 0.2) is 0 Å². The van der Waals surface area contributed by atoms with Gasteiger partial charge in [0.15, 0.2) is 0 Å². The Morgan fingerprint density at radius 1 is 1.44 bits per heavy atom. The summed E-state index contributed by atoms with van der Waals surface area (Å²) in [5, 5.41) is 3.38. The van der Waals surface area contributed by atoms with Crippen LogP contribution in [0.4, 0.5) is 0 Å². The predicted molar refractivity (Wildman–Crippen MR) is 66.1 cm³/mol. The summed E-state index contributed by atoms with van der Waals surface area (Å²) < 4.78 is 0. The van der Waals surface area contributed by atoms with E-state index in [2.05, 4.69) is 31.0 Å². The molecular formula is C12H25N3O. The summed E-state index contributed by atoms with van der Waals surface area (Å²) in [5.41, 5.74) is 5.09. The molecule has 0 aromatic heterocycles. The molecule has 4 heteroatoms. The summed E-state index contributed by atoms with van der Waals surface area (Å²) in [7, 11) is 0. The van der Waals surface area contributed by atoms with E-state index >= 15 is 0 Å². The number of nitrogens with zero attached hydrogens (tertiary/aromatic N) is 1. The molecule has 0 aliphatic carbocycles. The Morgan fingerprint density at radius 2 is 2.00 bits per heavy atom. The van der Waals surface area contributed by atoms with Crippen molar-refractivity contribution in [3.05, 3.63) is 0 Å². The number of amides is 1. The zero-order chi connectivity index (χ0) is 12.2. The summed E-state index contributed by atoms with van der Waals surface area (Å²) in [6.45, 7) is 10.3. The van der Waals surface area contributed by atoms with Crippen LogP contribution in [0, 0.1) is 5.92 Å². The van der Waals surface area contributed by atoms with Crippen LogP contribution in [-0.2, 0) is 4.79 Å². The minimum Gasteiger partial charge on any atom is -0.368 e.